The van der Waals surface area contributed by atoms with E-state index in [1.165, 1.54) is 17.6 Å². The third kappa shape index (κ3) is 2.78. The Morgan fingerprint density at radius 3 is 2.67 bits per heavy atom. The van der Waals surface area contributed by atoms with E-state index >= 15 is 0 Å². The van der Waals surface area contributed by atoms with Gasteiger partial charge in [-0.25, -0.2) is 24.9 Å². The lowest BCUT2D eigenvalue weighted by Gasteiger charge is -2.28. The molecule has 0 aromatic carbocycles. The average molecular weight is 321 g/mol. The van der Waals surface area contributed by atoms with E-state index in [-0.39, 0.29) is 0 Å². The average Bonchev–Trinajstić information content (AvgIpc) is 2.94. The smallest absolute Gasteiger partial charge is 0.162 e. The second-order valence-corrected chi connectivity index (χ2v) is 6.11. The Bertz CT molecular complexity index is 857. The fraction of sp³-hybridized carbons (Fsp3) is 0.353. The van der Waals surface area contributed by atoms with Gasteiger partial charge in [0.25, 0.3) is 0 Å². The maximum Gasteiger partial charge on any atom is 0.162 e. The van der Waals surface area contributed by atoms with E-state index in [1.807, 2.05) is 19.3 Å². The van der Waals surface area contributed by atoms with Crippen molar-refractivity contribution in [3.8, 4) is 11.4 Å². The number of rotatable bonds is 3. The van der Waals surface area contributed by atoms with Crippen LogP contribution in [0.1, 0.15) is 22.8 Å². The summed E-state index contributed by atoms with van der Waals surface area (Å²) in [6.07, 6.45) is 9.82. The normalized spacial score (nSPS) is 14.6. The highest BCUT2D eigenvalue weighted by Crippen LogP contribution is 2.21. The number of hydrogen-bond donors (Lipinski definition) is 0. The van der Waals surface area contributed by atoms with Crippen LogP contribution in [0.5, 0.6) is 0 Å². The summed E-state index contributed by atoms with van der Waals surface area (Å²) in [5.74, 6) is 1.74. The van der Waals surface area contributed by atoms with Gasteiger partial charge in [-0.1, -0.05) is 0 Å². The molecule has 7 nitrogen and oxygen atoms in total. The summed E-state index contributed by atoms with van der Waals surface area (Å²) < 4.78 is 2.14. The van der Waals surface area contributed by atoms with E-state index in [2.05, 4.69) is 36.5 Å². The lowest BCUT2D eigenvalue weighted by atomic mass is 10.1. The third-order valence-electron chi connectivity index (χ3n) is 4.53. The third-order valence-corrected chi connectivity index (χ3v) is 4.53. The van der Waals surface area contributed by atoms with Crippen molar-refractivity contribution in [2.24, 2.45) is 7.05 Å². The van der Waals surface area contributed by atoms with Crippen molar-refractivity contribution in [3.05, 3.63) is 53.9 Å². The number of aromatic nitrogens is 6. The lowest BCUT2D eigenvalue weighted by molar-refractivity contribution is 0.237. The molecule has 122 valence electrons. The summed E-state index contributed by atoms with van der Waals surface area (Å²) >= 11 is 0. The van der Waals surface area contributed by atoms with Crippen molar-refractivity contribution < 1.29 is 0 Å². The Morgan fingerprint density at radius 1 is 1.08 bits per heavy atom. The van der Waals surface area contributed by atoms with Crippen LogP contribution < -0.4 is 0 Å². The van der Waals surface area contributed by atoms with E-state index < -0.39 is 0 Å². The Kier molecular flexibility index (Phi) is 3.78. The monoisotopic (exact) mass is 321 g/mol. The molecule has 7 heteroatoms. The number of hydrogen-bond acceptors (Lipinski definition) is 6. The maximum absolute atomic E-state index is 4.71. The molecule has 0 saturated heterocycles. The zero-order valence-electron chi connectivity index (χ0n) is 13.8. The van der Waals surface area contributed by atoms with Gasteiger partial charge in [0.15, 0.2) is 5.82 Å². The number of aryl methyl sites for hydroxylation is 1. The summed E-state index contributed by atoms with van der Waals surface area (Å²) in [4.78, 5) is 24.1. The van der Waals surface area contributed by atoms with E-state index in [4.69, 9.17) is 4.98 Å². The molecule has 1 aliphatic rings. The Balaban J connectivity index is 1.53. The van der Waals surface area contributed by atoms with Gasteiger partial charge in [-0.2, -0.15) is 0 Å². The van der Waals surface area contributed by atoms with Crippen LogP contribution in [0, 0.1) is 6.92 Å². The van der Waals surface area contributed by atoms with E-state index in [0.29, 0.717) is 5.82 Å². The standard InChI is InChI=1S/C17H19N7/c1-12-20-8-15(23(12)2)10-24-4-3-16-14(9-24)7-21-17(22-16)13-5-18-11-19-6-13/h5-8,11H,3-4,9-10H2,1-2H3. The predicted octanol–water partition coefficient (Wildman–Crippen LogP) is 1.53. The fourth-order valence-corrected chi connectivity index (χ4v) is 2.99. The summed E-state index contributed by atoms with van der Waals surface area (Å²) in [5.41, 5.74) is 4.41. The maximum atomic E-state index is 4.71. The number of fused-ring (bicyclic) bond motifs is 1. The first kappa shape index (κ1) is 14.9. The van der Waals surface area contributed by atoms with Crippen LogP contribution in [-0.4, -0.2) is 40.9 Å². The van der Waals surface area contributed by atoms with Gasteiger partial charge in [-0.3, -0.25) is 4.90 Å². The molecule has 3 aromatic heterocycles. The Morgan fingerprint density at radius 2 is 1.92 bits per heavy atom. The molecule has 0 atom stereocenters. The van der Waals surface area contributed by atoms with E-state index in [9.17, 15) is 0 Å². The molecule has 24 heavy (non-hydrogen) atoms. The molecular formula is C17H19N7. The van der Waals surface area contributed by atoms with Crippen LogP contribution in [0.3, 0.4) is 0 Å². The second-order valence-electron chi connectivity index (χ2n) is 6.11. The van der Waals surface area contributed by atoms with Crippen molar-refractivity contribution in [1.82, 2.24) is 34.4 Å². The predicted molar refractivity (Wildman–Crippen MR) is 88.8 cm³/mol. The Labute approximate surface area is 140 Å². The zero-order chi connectivity index (χ0) is 16.5. The highest BCUT2D eigenvalue weighted by molar-refractivity contribution is 5.52. The molecule has 1 aliphatic heterocycles. The molecule has 0 amide bonds. The molecule has 4 rings (SSSR count). The van der Waals surface area contributed by atoms with Crippen molar-refractivity contribution in [2.75, 3.05) is 6.54 Å². The molecule has 3 aromatic rings. The van der Waals surface area contributed by atoms with Crippen LogP contribution in [0.25, 0.3) is 11.4 Å². The Hall–Kier alpha value is -2.67. The van der Waals surface area contributed by atoms with Crippen LogP contribution in [0.4, 0.5) is 0 Å². The van der Waals surface area contributed by atoms with Crippen LogP contribution >= 0.6 is 0 Å². The van der Waals surface area contributed by atoms with Gasteiger partial charge in [-0.15, -0.1) is 0 Å². The number of nitrogens with zero attached hydrogens (tertiary/aromatic N) is 7. The fourth-order valence-electron chi connectivity index (χ4n) is 2.99. The van der Waals surface area contributed by atoms with Gasteiger partial charge in [0.1, 0.15) is 12.2 Å². The first-order valence-corrected chi connectivity index (χ1v) is 8.00. The van der Waals surface area contributed by atoms with E-state index in [0.717, 1.165) is 43.1 Å². The lowest BCUT2D eigenvalue weighted by Crippen LogP contribution is -2.31. The van der Waals surface area contributed by atoms with Gasteiger partial charge in [0.2, 0.25) is 0 Å². The summed E-state index contributed by atoms with van der Waals surface area (Å²) in [6.45, 7) is 4.77. The largest absolute Gasteiger partial charge is 0.334 e. The highest BCUT2D eigenvalue weighted by Gasteiger charge is 2.20. The molecule has 0 spiro atoms. The minimum absolute atomic E-state index is 0.699. The molecular weight excluding hydrogens is 302 g/mol. The first-order chi connectivity index (χ1) is 11.7. The zero-order valence-corrected chi connectivity index (χ0v) is 13.8. The van der Waals surface area contributed by atoms with Crippen molar-refractivity contribution in [2.45, 2.75) is 26.4 Å². The van der Waals surface area contributed by atoms with Crippen molar-refractivity contribution >= 4 is 0 Å². The molecule has 0 aliphatic carbocycles. The second kappa shape index (κ2) is 6.09. The van der Waals surface area contributed by atoms with Gasteiger partial charge in [0, 0.05) is 63.5 Å². The molecule has 0 saturated carbocycles. The number of imidazole rings is 1. The highest BCUT2D eigenvalue weighted by atomic mass is 15.2. The van der Waals surface area contributed by atoms with E-state index in [1.54, 1.807) is 12.4 Å². The van der Waals surface area contributed by atoms with Crippen LogP contribution in [-0.2, 0) is 26.6 Å². The quantitative estimate of drug-likeness (QED) is 0.728. The summed E-state index contributed by atoms with van der Waals surface area (Å²) in [7, 11) is 2.06. The molecule has 0 bridgehead atoms. The topological polar surface area (TPSA) is 72.6 Å². The molecule has 0 radical (unpaired) electrons. The van der Waals surface area contributed by atoms with Gasteiger partial charge < -0.3 is 4.57 Å². The van der Waals surface area contributed by atoms with Crippen LogP contribution in [0.15, 0.2) is 31.1 Å². The molecule has 0 unspecified atom stereocenters. The van der Waals surface area contributed by atoms with Crippen molar-refractivity contribution in [3.63, 3.8) is 0 Å². The summed E-state index contributed by atoms with van der Waals surface area (Å²) in [5, 5.41) is 0. The van der Waals surface area contributed by atoms with Gasteiger partial charge in [0.05, 0.1) is 17.0 Å². The summed E-state index contributed by atoms with van der Waals surface area (Å²) in [6, 6.07) is 0. The van der Waals surface area contributed by atoms with Gasteiger partial charge >= 0.3 is 0 Å². The molecule has 0 N–H and O–H groups in total. The van der Waals surface area contributed by atoms with Gasteiger partial charge in [-0.05, 0) is 6.92 Å². The van der Waals surface area contributed by atoms with Crippen molar-refractivity contribution in [1.29, 1.82) is 0 Å². The molecule has 0 fully saturated rings. The SMILES string of the molecule is Cc1ncc(CN2CCc3nc(-c4cncnc4)ncc3C2)n1C. The first-order valence-electron chi connectivity index (χ1n) is 8.00. The van der Waals surface area contributed by atoms with Crippen LogP contribution in [0.2, 0.25) is 0 Å². The minimum atomic E-state index is 0.699. The molecule has 4 heterocycles. The minimum Gasteiger partial charge on any atom is -0.334 e.